The zero-order valence-electron chi connectivity index (χ0n) is 21.6. The predicted octanol–water partition coefficient (Wildman–Crippen LogP) is 7.54. The van der Waals surface area contributed by atoms with E-state index in [1.54, 1.807) is 18.3 Å². The number of imidazole rings is 1. The average Bonchev–Trinajstić information content (AvgIpc) is 3.25. The summed E-state index contributed by atoms with van der Waals surface area (Å²) >= 11 is 0. The zero-order chi connectivity index (χ0) is 25.1. The number of fused-ring (bicyclic) bond motifs is 1. The van der Waals surface area contributed by atoms with Crippen molar-refractivity contribution in [3.63, 3.8) is 0 Å². The number of phenols is 1. The molecule has 0 saturated carbocycles. The summed E-state index contributed by atoms with van der Waals surface area (Å²) in [5.74, 6) is 1.57. The van der Waals surface area contributed by atoms with Gasteiger partial charge in [0.05, 0.1) is 5.56 Å². The van der Waals surface area contributed by atoms with Gasteiger partial charge >= 0.3 is 0 Å². The summed E-state index contributed by atoms with van der Waals surface area (Å²) in [6.07, 6.45) is 5.54. The van der Waals surface area contributed by atoms with Crippen LogP contribution in [0.3, 0.4) is 0 Å². The van der Waals surface area contributed by atoms with Gasteiger partial charge in [0.25, 0.3) is 0 Å². The topological polar surface area (TPSA) is 50.9 Å². The van der Waals surface area contributed by atoms with E-state index in [1.165, 1.54) is 27.5 Å². The first-order valence-electron chi connectivity index (χ1n) is 11.9. The number of pyridine rings is 1. The second-order valence-electron chi connectivity index (χ2n) is 9.38. The van der Waals surface area contributed by atoms with Crippen LogP contribution < -0.4 is 0 Å². The van der Waals surface area contributed by atoms with Gasteiger partial charge in [0.1, 0.15) is 11.6 Å². The van der Waals surface area contributed by atoms with Crippen molar-refractivity contribution in [2.45, 2.75) is 40.5 Å². The molecule has 2 aromatic heterocycles. The molecule has 0 bridgehead atoms. The summed E-state index contributed by atoms with van der Waals surface area (Å²) in [4.78, 5) is 8.85. The Balaban J connectivity index is 0.000000221. The number of nitrogens with zero attached hydrogens (tertiary/aromatic N) is 3. The van der Waals surface area contributed by atoms with Crippen LogP contribution in [0, 0.1) is 26.8 Å². The van der Waals surface area contributed by atoms with Gasteiger partial charge in [0.15, 0.2) is 0 Å². The molecule has 5 heteroatoms. The standard InChI is InChI=1S/C21H22N.C10H10N2O.Ir/c1-13(2)17-6-7-19-20(11-17)16(5)12-22-21(19)18-9-14(3)8-15(4)10-18;1-12-7-6-11-10(12)8-4-2-3-5-9(8)13;/h6-9,11-13H,1-5H3;2-7,13H,1H3;/q-1;;. The van der Waals surface area contributed by atoms with Crippen molar-refractivity contribution < 1.29 is 25.2 Å². The monoisotopic (exact) mass is 655 g/mol. The van der Waals surface area contributed by atoms with E-state index in [1.807, 2.05) is 36.1 Å². The van der Waals surface area contributed by atoms with E-state index in [9.17, 15) is 5.11 Å². The molecule has 0 aliphatic rings. The Labute approximate surface area is 227 Å². The maximum Gasteiger partial charge on any atom is 0.143 e. The van der Waals surface area contributed by atoms with Gasteiger partial charge in [-0.1, -0.05) is 58.0 Å². The van der Waals surface area contributed by atoms with E-state index >= 15 is 0 Å². The van der Waals surface area contributed by atoms with Crippen LogP contribution in [-0.2, 0) is 27.2 Å². The molecule has 187 valence electrons. The van der Waals surface area contributed by atoms with Crippen LogP contribution in [0.25, 0.3) is 33.4 Å². The SMILES string of the molecule is Cc1[c-]c(-c2ncc(C)c3cc(C(C)C)ccc23)cc(C)c1.Cn1ccnc1-c1ccccc1O.[Ir]. The second kappa shape index (κ2) is 11.6. The van der Waals surface area contributed by atoms with Crippen LogP contribution in [0.4, 0.5) is 0 Å². The normalized spacial score (nSPS) is 10.6. The van der Waals surface area contributed by atoms with Gasteiger partial charge in [0.2, 0.25) is 0 Å². The van der Waals surface area contributed by atoms with Crippen molar-refractivity contribution in [1.29, 1.82) is 0 Å². The van der Waals surface area contributed by atoms with Crippen LogP contribution in [0.15, 0.2) is 73.2 Å². The van der Waals surface area contributed by atoms with E-state index in [2.05, 4.69) is 76.0 Å². The largest absolute Gasteiger partial charge is 0.507 e. The summed E-state index contributed by atoms with van der Waals surface area (Å²) in [5, 5.41) is 12.1. The minimum atomic E-state index is 0. The summed E-state index contributed by atoms with van der Waals surface area (Å²) in [7, 11) is 1.90. The number of aromatic nitrogens is 3. The maximum absolute atomic E-state index is 9.55. The van der Waals surface area contributed by atoms with Crippen LogP contribution in [0.1, 0.15) is 42.0 Å². The number of aromatic hydroxyl groups is 1. The number of benzene rings is 3. The minimum Gasteiger partial charge on any atom is -0.507 e. The summed E-state index contributed by atoms with van der Waals surface area (Å²) in [6.45, 7) is 10.8. The molecule has 0 aliphatic heterocycles. The Bertz CT molecular complexity index is 1470. The van der Waals surface area contributed by atoms with E-state index in [0.717, 1.165) is 28.2 Å². The third kappa shape index (κ3) is 5.92. The molecule has 0 saturated heterocycles. The van der Waals surface area contributed by atoms with E-state index in [-0.39, 0.29) is 25.9 Å². The number of aryl methyl sites for hydroxylation is 4. The molecular weight excluding hydrogens is 623 g/mol. The maximum atomic E-state index is 9.55. The molecule has 2 heterocycles. The Morgan fingerprint density at radius 1 is 0.917 bits per heavy atom. The third-order valence-electron chi connectivity index (χ3n) is 6.15. The van der Waals surface area contributed by atoms with Gasteiger partial charge in [-0.25, -0.2) is 4.98 Å². The molecule has 5 rings (SSSR count). The quantitative estimate of drug-likeness (QED) is 0.205. The van der Waals surface area contributed by atoms with Crippen molar-refractivity contribution in [2.24, 2.45) is 7.05 Å². The Kier molecular flexibility index (Phi) is 8.84. The second-order valence-corrected chi connectivity index (χ2v) is 9.38. The predicted molar refractivity (Wildman–Crippen MR) is 145 cm³/mol. The summed E-state index contributed by atoms with van der Waals surface area (Å²) in [6, 6.07) is 21.7. The number of hydrogen-bond acceptors (Lipinski definition) is 3. The van der Waals surface area contributed by atoms with E-state index < -0.39 is 0 Å². The van der Waals surface area contributed by atoms with Gasteiger partial charge in [-0.2, -0.15) is 0 Å². The Hall–Kier alpha value is -3.27. The molecule has 0 atom stereocenters. The van der Waals surface area contributed by atoms with E-state index in [0.29, 0.717) is 5.92 Å². The molecule has 36 heavy (non-hydrogen) atoms. The van der Waals surface area contributed by atoms with Crippen molar-refractivity contribution in [3.05, 3.63) is 102 Å². The molecule has 1 radical (unpaired) electrons. The van der Waals surface area contributed by atoms with Crippen LogP contribution in [0.5, 0.6) is 5.75 Å². The first-order chi connectivity index (χ1) is 16.7. The van der Waals surface area contributed by atoms with Crippen molar-refractivity contribution >= 4 is 10.8 Å². The number of hydrogen-bond donors (Lipinski definition) is 1. The minimum absolute atomic E-state index is 0. The molecule has 4 nitrogen and oxygen atoms in total. The van der Waals surface area contributed by atoms with Gasteiger partial charge in [-0.3, -0.25) is 0 Å². The van der Waals surface area contributed by atoms with Crippen LogP contribution >= 0.6 is 0 Å². The first-order valence-corrected chi connectivity index (χ1v) is 11.9. The molecule has 0 aliphatic carbocycles. The molecule has 1 N–H and O–H groups in total. The van der Waals surface area contributed by atoms with Gasteiger partial charge in [-0.15, -0.1) is 34.9 Å². The van der Waals surface area contributed by atoms with E-state index in [4.69, 9.17) is 4.98 Å². The van der Waals surface area contributed by atoms with Crippen LogP contribution in [-0.4, -0.2) is 19.6 Å². The molecule has 3 aromatic carbocycles. The van der Waals surface area contributed by atoms with Crippen molar-refractivity contribution in [2.75, 3.05) is 0 Å². The van der Waals surface area contributed by atoms with Gasteiger partial charge < -0.3 is 14.7 Å². The molecule has 5 aromatic rings. The number of para-hydroxylation sites is 1. The van der Waals surface area contributed by atoms with Gasteiger partial charge in [0, 0.05) is 45.7 Å². The molecule has 0 fully saturated rings. The zero-order valence-corrected chi connectivity index (χ0v) is 24.0. The Morgan fingerprint density at radius 2 is 1.67 bits per heavy atom. The average molecular weight is 655 g/mol. The van der Waals surface area contributed by atoms with Gasteiger partial charge in [-0.05, 0) is 52.6 Å². The number of phenolic OH excluding ortho intramolecular Hbond substituents is 1. The molecule has 0 spiro atoms. The molecular formula is C31H32IrN3O-. The summed E-state index contributed by atoms with van der Waals surface area (Å²) < 4.78 is 1.87. The molecule has 0 amide bonds. The fourth-order valence-electron chi connectivity index (χ4n) is 4.28. The van der Waals surface area contributed by atoms with Crippen molar-refractivity contribution in [3.8, 4) is 28.4 Å². The summed E-state index contributed by atoms with van der Waals surface area (Å²) in [5.41, 5.74) is 7.88. The van der Waals surface area contributed by atoms with Crippen molar-refractivity contribution in [1.82, 2.24) is 14.5 Å². The first kappa shape index (κ1) is 27.3. The Morgan fingerprint density at radius 3 is 2.31 bits per heavy atom. The fraction of sp³-hybridized carbons (Fsp3) is 0.226. The number of rotatable bonds is 3. The third-order valence-corrected chi connectivity index (χ3v) is 6.15. The molecule has 0 unspecified atom stereocenters. The van der Waals surface area contributed by atoms with Crippen LogP contribution in [0.2, 0.25) is 0 Å². The fourth-order valence-corrected chi connectivity index (χ4v) is 4.28. The smallest absolute Gasteiger partial charge is 0.143 e.